The zero-order valence-electron chi connectivity index (χ0n) is 15.3. The summed E-state index contributed by atoms with van der Waals surface area (Å²) >= 11 is 1.37. The summed E-state index contributed by atoms with van der Waals surface area (Å²) in [5, 5.41) is 11.4. The molecule has 0 saturated carbocycles. The summed E-state index contributed by atoms with van der Waals surface area (Å²) in [6, 6.07) is 15.0. The number of nitro benzene ring substituents is 1. The van der Waals surface area contributed by atoms with Gasteiger partial charge in [-0.3, -0.25) is 14.9 Å². The van der Waals surface area contributed by atoms with Crippen molar-refractivity contribution >= 4 is 23.2 Å². The van der Waals surface area contributed by atoms with E-state index in [1.165, 1.54) is 30.8 Å². The summed E-state index contributed by atoms with van der Waals surface area (Å²) in [7, 11) is 0. The van der Waals surface area contributed by atoms with Gasteiger partial charge in [-0.25, -0.2) is 4.98 Å². The highest BCUT2D eigenvalue weighted by atomic mass is 32.2. The van der Waals surface area contributed by atoms with Crippen molar-refractivity contribution < 1.29 is 14.5 Å². The number of hydrogen-bond donors (Lipinski definition) is 0. The first-order chi connectivity index (χ1) is 13.4. The van der Waals surface area contributed by atoms with Crippen molar-refractivity contribution in [3.05, 3.63) is 81.5 Å². The van der Waals surface area contributed by atoms with E-state index in [2.05, 4.69) is 9.97 Å². The lowest BCUT2D eigenvalue weighted by molar-refractivity contribution is -0.384. The second-order valence-corrected chi connectivity index (χ2v) is 6.97. The van der Waals surface area contributed by atoms with Gasteiger partial charge >= 0.3 is 0 Å². The molecular formula is C20H17N3O4S. The molecular weight excluding hydrogens is 378 g/mol. The van der Waals surface area contributed by atoms with E-state index in [-0.39, 0.29) is 11.5 Å². The third-order valence-corrected chi connectivity index (χ3v) is 4.70. The summed E-state index contributed by atoms with van der Waals surface area (Å²) < 4.78 is 5.77. The molecule has 0 radical (unpaired) electrons. The zero-order valence-corrected chi connectivity index (χ0v) is 16.1. The Labute approximate surface area is 165 Å². The van der Waals surface area contributed by atoms with Crippen molar-refractivity contribution in [2.75, 3.05) is 0 Å². The Balaban J connectivity index is 1.71. The lowest BCUT2D eigenvalue weighted by atomic mass is 10.1. The number of carbonyl (C=O) groups excluding carboxylic acids is 1. The van der Waals surface area contributed by atoms with E-state index < -0.39 is 4.92 Å². The fraction of sp³-hybridized carbons (Fsp3) is 0.150. The second kappa shape index (κ2) is 8.62. The summed E-state index contributed by atoms with van der Waals surface area (Å²) in [6.07, 6.45) is 0. The van der Waals surface area contributed by atoms with Gasteiger partial charge in [-0.1, -0.05) is 23.9 Å². The smallest absolute Gasteiger partial charge is 0.269 e. The van der Waals surface area contributed by atoms with Crippen LogP contribution in [-0.2, 0) is 5.75 Å². The monoisotopic (exact) mass is 395 g/mol. The van der Waals surface area contributed by atoms with E-state index >= 15 is 0 Å². The molecule has 8 heteroatoms. The highest BCUT2D eigenvalue weighted by Gasteiger charge is 2.09. The van der Waals surface area contributed by atoms with E-state index in [0.29, 0.717) is 28.1 Å². The molecule has 142 valence electrons. The lowest BCUT2D eigenvalue weighted by Crippen LogP contribution is -1.96. The third-order valence-electron chi connectivity index (χ3n) is 3.78. The number of aromatic nitrogens is 2. The maximum atomic E-state index is 11.4. The number of nitrogens with zero attached hydrogens (tertiary/aromatic N) is 3. The first-order valence-electron chi connectivity index (χ1n) is 8.41. The van der Waals surface area contributed by atoms with E-state index in [9.17, 15) is 14.9 Å². The number of nitro groups is 1. The van der Waals surface area contributed by atoms with Crippen LogP contribution in [0.4, 0.5) is 5.69 Å². The number of benzene rings is 2. The molecule has 0 aliphatic rings. The number of Topliss-reactive ketones (excluding diaryl/α,β-unsaturated/α-hetero) is 1. The first-order valence-corrected chi connectivity index (χ1v) is 9.40. The van der Waals surface area contributed by atoms with Gasteiger partial charge in [-0.2, -0.15) is 4.98 Å². The lowest BCUT2D eigenvalue weighted by Gasteiger charge is -2.08. The largest absolute Gasteiger partial charge is 0.439 e. The summed E-state index contributed by atoms with van der Waals surface area (Å²) in [4.78, 5) is 30.6. The number of rotatable bonds is 7. The van der Waals surface area contributed by atoms with Crippen LogP contribution in [0.15, 0.2) is 59.8 Å². The fourth-order valence-corrected chi connectivity index (χ4v) is 3.25. The van der Waals surface area contributed by atoms with Crippen molar-refractivity contribution in [3.8, 4) is 11.6 Å². The molecule has 0 atom stereocenters. The SMILES string of the molecule is CC(=O)c1ccc(Oc2cc(C)nc(SCc3cccc([N+](=O)[O-])c3)n2)cc1. The van der Waals surface area contributed by atoms with Crippen LogP contribution in [-0.4, -0.2) is 20.7 Å². The van der Waals surface area contributed by atoms with Gasteiger partial charge in [0.2, 0.25) is 5.88 Å². The fourth-order valence-electron chi connectivity index (χ4n) is 2.42. The van der Waals surface area contributed by atoms with Crippen LogP contribution in [0.2, 0.25) is 0 Å². The van der Waals surface area contributed by atoms with Gasteiger partial charge in [0.1, 0.15) is 5.75 Å². The number of aryl methyl sites for hydroxylation is 1. The quantitative estimate of drug-likeness (QED) is 0.183. The topological polar surface area (TPSA) is 95.2 Å². The maximum Gasteiger partial charge on any atom is 0.269 e. The second-order valence-electron chi connectivity index (χ2n) is 6.03. The minimum Gasteiger partial charge on any atom is -0.439 e. The van der Waals surface area contributed by atoms with Gasteiger partial charge in [-0.15, -0.1) is 0 Å². The zero-order chi connectivity index (χ0) is 20.1. The summed E-state index contributed by atoms with van der Waals surface area (Å²) in [6.45, 7) is 3.35. The standard InChI is InChI=1S/C20H17N3O4S/c1-13-10-19(27-18-8-6-16(7-9-18)14(2)24)22-20(21-13)28-12-15-4-3-5-17(11-15)23(25)26/h3-11H,12H2,1-2H3. The van der Waals surface area contributed by atoms with Crippen LogP contribution in [0, 0.1) is 17.0 Å². The Bertz CT molecular complexity index is 1020. The predicted molar refractivity (Wildman–Crippen MR) is 106 cm³/mol. The Hall–Kier alpha value is -3.26. The number of ketones is 1. The van der Waals surface area contributed by atoms with E-state index in [1.807, 2.05) is 13.0 Å². The molecule has 0 unspecified atom stereocenters. The van der Waals surface area contributed by atoms with Crippen LogP contribution >= 0.6 is 11.8 Å². The Morgan fingerprint density at radius 2 is 1.89 bits per heavy atom. The van der Waals surface area contributed by atoms with Gasteiger partial charge in [0.05, 0.1) is 4.92 Å². The molecule has 3 aromatic rings. The molecule has 3 rings (SSSR count). The van der Waals surface area contributed by atoms with Crippen molar-refractivity contribution in [3.63, 3.8) is 0 Å². The number of carbonyl (C=O) groups is 1. The van der Waals surface area contributed by atoms with Gasteiger partial charge in [0, 0.05) is 35.2 Å². The van der Waals surface area contributed by atoms with Gasteiger partial charge in [0.15, 0.2) is 10.9 Å². The highest BCUT2D eigenvalue weighted by molar-refractivity contribution is 7.98. The number of hydrogen-bond acceptors (Lipinski definition) is 7. The van der Waals surface area contributed by atoms with E-state index in [0.717, 1.165) is 11.3 Å². The molecule has 0 saturated heterocycles. The van der Waals surface area contributed by atoms with Gasteiger partial charge in [-0.05, 0) is 43.7 Å². The van der Waals surface area contributed by atoms with Crippen molar-refractivity contribution in [2.45, 2.75) is 24.8 Å². The molecule has 0 aliphatic carbocycles. The molecule has 0 N–H and O–H groups in total. The first kappa shape index (κ1) is 19.5. The summed E-state index contributed by atoms with van der Waals surface area (Å²) in [5.74, 6) is 1.45. The average molecular weight is 395 g/mol. The Kier molecular flexibility index (Phi) is 6.00. The molecule has 2 aromatic carbocycles. The number of ether oxygens (including phenoxy) is 1. The molecule has 0 bridgehead atoms. The molecule has 1 aromatic heterocycles. The Morgan fingerprint density at radius 1 is 1.14 bits per heavy atom. The van der Waals surface area contributed by atoms with Crippen LogP contribution in [0.3, 0.4) is 0 Å². The molecule has 1 heterocycles. The minimum atomic E-state index is -0.416. The molecule has 0 aliphatic heterocycles. The normalized spacial score (nSPS) is 10.5. The highest BCUT2D eigenvalue weighted by Crippen LogP contribution is 2.26. The van der Waals surface area contributed by atoms with E-state index in [4.69, 9.17) is 4.74 Å². The number of thioether (sulfide) groups is 1. The number of non-ortho nitro benzene ring substituents is 1. The van der Waals surface area contributed by atoms with Crippen molar-refractivity contribution in [2.24, 2.45) is 0 Å². The van der Waals surface area contributed by atoms with Crippen LogP contribution in [0.5, 0.6) is 11.6 Å². The average Bonchev–Trinajstić information content (AvgIpc) is 2.66. The minimum absolute atomic E-state index is 0.00994. The molecule has 0 fully saturated rings. The van der Waals surface area contributed by atoms with Crippen LogP contribution in [0.1, 0.15) is 28.5 Å². The van der Waals surface area contributed by atoms with Gasteiger partial charge < -0.3 is 4.74 Å². The summed E-state index contributed by atoms with van der Waals surface area (Å²) in [5.41, 5.74) is 2.22. The predicted octanol–water partition coefficient (Wildman–Crippen LogP) is 4.98. The van der Waals surface area contributed by atoms with Crippen LogP contribution in [0.25, 0.3) is 0 Å². The van der Waals surface area contributed by atoms with Crippen molar-refractivity contribution in [1.29, 1.82) is 0 Å². The maximum absolute atomic E-state index is 11.4. The van der Waals surface area contributed by atoms with Crippen LogP contribution < -0.4 is 4.74 Å². The molecule has 0 amide bonds. The molecule has 28 heavy (non-hydrogen) atoms. The molecule has 7 nitrogen and oxygen atoms in total. The third kappa shape index (κ3) is 5.14. The van der Waals surface area contributed by atoms with Gasteiger partial charge in [0.25, 0.3) is 5.69 Å². The Morgan fingerprint density at radius 3 is 2.57 bits per heavy atom. The molecule has 0 spiro atoms. The van der Waals surface area contributed by atoms with Crippen molar-refractivity contribution in [1.82, 2.24) is 9.97 Å². The van der Waals surface area contributed by atoms with E-state index in [1.54, 1.807) is 36.4 Å².